The number of hydrogen-bond acceptors (Lipinski definition) is 3. The second-order valence-electron chi connectivity index (χ2n) is 5.90. The zero-order valence-electron chi connectivity index (χ0n) is 12.4. The summed E-state index contributed by atoms with van der Waals surface area (Å²) in [5, 5.41) is 8.01. The van der Waals surface area contributed by atoms with Crippen LogP contribution in [0.4, 0.5) is 0 Å². The Hall–Kier alpha value is -0.900. The van der Waals surface area contributed by atoms with Crippen molar-refractivity contribution in [1.82, 2.24) is 20.1 Å². The van der Waals surface area contributed by atoms with Crippen molar-refractivity contribution < 1.29 is 0 Å². The van der Waals surface area contributed by atoms with Gasteiger partial charge in [0.15, 0.2) is 5.82 Å². The van der Waals surface area contributed by atoms with E-state index in [1.165, 1.54) is 44.9 Å². The van der Waals surface area contributed by atoms with Gasteiger partial charge in [0.25, 0.3) is 0 Å². The lowest BCUT2D eigenvalue weighted by atomic mass is 9.95. The summed E-state index contributed by atoms with van der Waals surface area (Å²) >= 11 is 0. The molecule has 19 heavy (non-hydrogen) atoms. The van der Waals surface area contributed by atoms with Crippen molar-refractivity contribution in [3.63, 3.8) is 0 Å². The highest BCUT2D eigenvalue weighted by Crippen LogP contribution is 2.26. The molecule has 4 heteroatoms. The van der Waals surface area contributed by atoms with Crippen LogP contribution in [0, 0.1) is 5.92 Å². The molecule has 2 unspecified atom stereocenters. The Labute approximate surface area is 117 Å². The van der Waals surface area contributed by atoms with E-state index in [1.807, 2.05) is 7.05 Å². The minimum absolute atomic E-state index is 0.713. The van der Waals surface area contributed by atoms with Crippen LogP contribution in [0.2, 0.25) is 0 Å². The van der Waals surface area contributed by atoms with Gasteiger partial charge in [0.05, 0.1) is 0 Å². The van der Waals surface area contributed by atoms with Crippen LogP contribution in [0.3, 0.4) is 0 Å². The van der Waals surface area contributed by atoms with Gasteiger partial charge >= 0.3 is 0 Å². The number of hydrogen-bond donors (Lipinski definition) is 1. The van der Waals surface area contributed by atoms with Gasteiger partial charge in [-0.1, -0.05) is 32.6 Å². The molecule has 1 fully saturated rings. The molecule has 4 nitrogen and oxygen atoms in total. The molecule has 2 rings (SSSR count). The Balaban J connectivity index is 1.65. The van der Waals surface area contributed by atoms with Gasteiger partial charge in [0, 0.05) is 26.1 Å². The average Bonchev–Trinajstić information content (AvgIpc) is 2.67. The molecule has 0 bridgehead atoms. The van der Waals surface area contributed by atoms with Crippen LogP contribution in [0.5, 0.6) is 0 Å². The zero-order valence-corrected chi connectivity index (χ0v) is 12.4. The largest absolute Gasteiger partial charge is 0.314 e. The lowest BCUT2D eigenvalue weighted by Gasteiger charge is -2.16. The first-order valence-corrected chi connectivity index (χ1v) is 7.85. The third-order valence-corrected chi connectivity index (χ3v) is 4.21. The summed E-state index contributed by atoms with van der Waals surface area (Å²) < 4.78 is 1.77. The van der Waals surface area contributed by atoms with E-state index in [0.717, 1.165) is 24.7 Å². The topological polar surface area (TPSA) is 42.7 Å². The van der Waals surface area contributed by atoms with Crippen LogP contribution >= 0.6 is 0 Å². The lowest BCUT2D eigenvalue weighted by Crippen LogP contribution is -2.30. The Kier molecular flexibility index (Phi) is 5.83. The molecule has 108 valence electrons. The quantitative estimate of drug-likeness (QED) is 0.803. The molecule has 0 aliphatic heterocycles. The maximum Gasteiger partial charge on any atom is 0.151 e. The molecule has 1 aromatic rings. The van der Waals surface area contributed by atoms with E-state index in [2.05, 4.69) is 22.3 Å². The van der Waals surface area contributed by atoms with Crippen LogP contribution in [-0.2, 0) is 13.5 Å². The number of rotatable bonds is 6. The number of aromatic nitrogens is 3. The van der Waals surface area contributed by atoms with E-state index >= 15 is 0 Å². The van der Waals surface area contributed by atoms with E-state index in [1.54, 1.807) is 11.0 Å². The summed E-state index contributed by atoms with van der Waals surface area (Å²) in [4.78, 5) is 4.27. The molecule has 1 N–H and O–H groups in total. The van der Waals surface area contributed by atoms with Gasteiger partial charge in [-0.2, -0.15) is 5.10 Å². The summed E-state index contributed by atoms with van der Waals surface area (Å²) in [5.74, 6) is 1.93. The first kappa shape index (κ1) is 14.5. The highest BCUT2D eigenvalue weighted by Gasteiger charge is 2.17. The van der Waals surface area contributed by atoms with Gasteiger partial charge in [-0.25, -0.2) is 4.98 Å². The maximum atomic E-state index is 4.31. The molecular formula is C15H28N4. The van der Waals surface area contributed by atoms with Crippen molar-refractivity contribution in [3.05, 3.63) is 12.2 Å². The summed E-state index contributed by atoms with van der Waals surface area (Å²) in [6.45, 7) is 3.31. The van der Waals surface area contributed by atoms with Gasteiger partial charge in [-0.3, -0.25) is 4.68 Å². The number of nitrogens with one attached hydrogen (secondary N) is 1. The smallest absolute Gasteiger partial charge is 0.151 e. The molecular weight excluding hydrogens is 236 g/mol. The first-order chi connectivity index (χ1) is 9.28. The van der Waals surface area contributed by atoms with Crippen molar-refractivity contribution in [2.24, 2.45) is 13.0 Å². The highest BCUT2D eigenvalue weighted by molar-refractivity contribution is 4.83. The fraction of sp³-hybridized carbons (Fsp3) is 0.867. The molecule has 0 saturated heterocycles. The lowest BCUT2D eigenvalue weighted by molar-refractivity contribution is 0.410. The molecule has 1 heterocycles. The maximum absolute atomic E-state index is 4.31. The van der Waals surface area contributed by atoms with E-state index in [-0.39, 0.29) is 0 Å². The Bertz CT molecular complexity index is 361. The molecule has 1 saturated carbocycles. The molecule has 1 aromatic heterocycles. The predicted molar refractivity (Wildman–Crippen MR) is 78.0 cm³/mol. The molecule has 1 aliphatic carbocycles. The fourth-order valence-corrected chi connectivity index (χ4v) is 3.17. The van der Waals surface area contributed by atoms with E-state index in [9.17, 15) is 0 Å². The highest BCUT2D eigenvalue weighted by atomic mass is 15.3. The average molecular weight is 264 g/mol. The summed E-state index contributed by atoms with van der Waals surface area (Å²) in [6, 6.07) is 0.713. The third kappa shape index (κ3) is 4.94. The van der Waals surface area contributed by atoms with Crippen LogP contribution in [0.15, 0.2) is 6.33 Å². The summed E-state index contributed by atoms with van der Waals surface area (Å²) in [5.41, 5.74) is 0. The molecule has 0 spiro atoms. The SMILES string of the molecule is CCCC1CCCC(NCCc2ncn(C)n2)CC1. The van der Waals surface area contributed by atoms with Gasteiger partial charge < -0.3 is 5.32 Å². The Morgan fingerprint density at radius 1 is 1.32 bits per heavy atom. The van der Waals surface area contributed by atoms with Gasteiger partial charge in [0.1, 0.15) is 6.33 Å². The van der Waals surface area contributed by atoms with Gasteiger partial charge in [0.2, 0.25) is 0 Å². The van der Waals surface area contributed by atoms with E-state index < -0.39 is 0 Å². The molecule has 1 aliphatic rings. The Morgan fingerprint density at radius 3 is 2.95 bits per heavy atom. The Morgan fingerprint density at radius 2 is 2.21 bits per heavy atom. The first-order valence-electron chi connectivity index (χ1n) is 7.85. The predicted octanol–water partition coefficient (Wildman–Crippen LogP) is 2.70. The third-order valence-electron chi connectivity index (χ3n) is 4.21. The fourth-order valence-electron chi connectivity index (χ4n) is 3.17. The van der Waals surface area contributed by atoms with Crippen LogP contribution in [-0.4, -0.2) is 27.4 Å². The van der Waals surface area contributed by atoms with E-state index in [4.69, 9.17) is 0 Å². The number of nitrogens with zero attached hydrogens (tertiary/aromatic N) is 3. The van der Waals surface area contributed by atoms with Crippen LogP contribution in [0.25, 0.3) is 0 Å². The van der Waals surface area contributed by atoms with Crippen molar-refractivity contribution in [2.75, 3.05) is 6.54 Å². The minimum Gasteiger partial charge on any atom is -0.314 e. The second kappa shape index (κ2) is 7.63. The van der Waals surface area contributed by atoms with Crippen LogP contribution < -0.4 is 5.32 Å². The van der Waals surface area contributed by atoms with Crippen molar-refractivity contribution in [3.8, 4) is 0 Å². The van der Waals surface area contributed by atoms with Crippen LogP contribution in [0.1, 0.15) is 57.7 Å². The van der Waals surface area contributed by atoms with Crippen molar-refractivity contribution >= 4 is 0 Å². The summed E-state index contributed by atoms with van der Waals surface area (Å²) in [7, 11) is 1.92. The molecule has 2 atom stereocenters. The minimum atomic E-state index is 0.713. The van der Waals surface area contributed by atoms with Gasteiger partial charge in [-0.05, 0) is 25.2 Å². The monoisotopic (exact) mass is 264 g/mol. The summed E-state index contributed by atoms with van der Waals surface area (Å²) in [6.07, 6.45) is 12.4. The normalized spacial score (nSPS) is 24.3. The van der Waals surface area contributed by atoms with Crippen molar-refractivity contribution in [1.29, 1.82) is 0 Å². The molecule has 0 radical (unpaired) electrons. The van der Waals surface area contributed by atoms with Gasteiger partial charge in [-0.15, -0.1) is 0 Å². The van der Waals surface area contributed by atoms with E-state index in [0.29, 0.717) is 6.04 Å². The second-order valence-corrected chi connectivity index (χ2v) is 5.90. The standard InChI is InChI=1S/C15H28N4/c1-3-5-13-6-4-7-14(9-8-13)16-11-10-15-17-12-19(2)18-15/h12-14,16H,3-11H2,1-2H3. The molecule has 0 aromatic carbocycles. The van der Waals surface area contributed by atoms with Crippen molar-refractivity contribution in [2.45, 2.75) is 64.3 Å². The zero-order chi connectivity index (χ0) is 13.5. The molecule has 0 amide bonds. The number of aryl methyl sites for hydroxylation is 1.